The van der Waals surface area contributed by atoms with Gasteiger partial charge in [0.2, 0.25) is 5.43 Å². The summed E-state index contributed by atoms with van der Waals surface area (Å²) in [6.07, 6.45) is -4.03. The van der Waals surface area contributed by atoms with Gasteiger partial charge in [-0.25, -0.2) is 13.6 Å². The number of aromatic carboxylic acids is 1. The zero-order chi connectivity index (χ0) is 25.0. The Morgan fingerprint density at radius 1 is 1.09 bits per heavy atom. The molecule has 0 bridgehead atoms. The minimum Gasteiger partial charge on any atom is -0.477 e. The van der Waals surface area contributed by atoms with E-state index in [0.717, 1.165) is 24.4 Å². The van der Waals surface area contributed by atoms with Crippen LogP contribution in [-0.4, -0.2) is 46.4 Å². The fourth-order valence-electron chi connectivity index (χ4n) is 3.93. The lowest BCUT2D eigenvalue weighted by Crippen LogP contribution is -2.70. The second-order valence-corrected chi connectivity index (χ2v) is 8.21. The molecule has 2 aromatic carbocycles. The van der Waals surface area contributed by atoms with Crippen LogP contribution in [0.25, 0.3) is 16.6 Å². The molecule has 1 aliphatic heterocycles. The predicted molar refractivity (Wildman–Crippen MR) is 111 cm³/mol. The van der Waals surface area contributed by atoms with Gasteiger partial charge in [0.15, 0.2) is 0 Å². The molecule has 1 fully saturated rings. The summed E-state index contributed by atoms with van der Waals surface area (Å²) in [6, 6.07) is 7.01. The van der Waals surface area contributed by atoms with Crippen LogP contribution in [0.1, 0.15) is 17.3 Å². The molecular weight excluding hydrogens is 465 g/mol. The van der Waals surface area contributed by atoms with Crippen molar-refractivity contribution in [1.29, 1.82) is 0 Å². The van der Waals surface area contributed by atoms with E-state index in [1.807, 2.05) is 5.32 Å². The summed E-state index contributed by atoms with van der Waals surface area (Å²) in [4.78, 5) is 36.9. The summed E-state index contributed by atoms with van der Waals surface area (Å²) >= 11 is 0. The number of pyridine rings is 1. The Hall–Kier alpha value is -3.96. The molecule has 0 aliphatic carbocycles. The Kier molecular flexibility index (Phi) is 5.34. The van der Waals surface area contributed by atoms with Crippen molar-refractivity contribution in [2.75, 3.05) is 18.0 Å². The second-order valence-electron chi connectivity index (χ2n) is 8.21. The first kappa shape index (κ1) is 23.2. The molecule has 2 heterocycles. The number of alkyl halides is 3. The van der Waals surface area contributed by atoms with Gasteiger partial charge in [-0.15, -0.1) is 0 Å². The van der Waals surface area contributed by atoms with Crippen molar-refractivity contribution in [2.24, 2.45) is 0 Å². The van der Waals surface area contributed by atoms with Gasteiger partial charge in [0.25, 0.3) is 0 Å². The molecule has 4 rings (SSSR count). The monoisotopic (exact) mass is 481 g/mol. The SMILES string of the molecule is CC1(NC(=O)C(F)(F)F)CN(c2cc3c(cc2F)c(=O)c(C(=O)O)cn3-c2ccc(F)cc2)C1. The third-order valence-electron chi connectivity index (χ3n) is 5.50. The lowest BCUT2D eigenvalue weighted by Gasteiger charge is -2.49. The van der Waals surface area contributed by atoms with E-state index >= 15 is 0 Å². The molecule has 0 atom stereocenters. The van der Waals surface area contributed by atoms with Gasteiger partial charge < -0.3 is 19.9 Å². The molecule has 7 nitrogen and oxygen atoms in total. The Morgan fingerprint density at radius 3 is 2.26 bits per heavy atom. The van der Waals surface area contributed by atoms with Crippen LogP contribution < -0.4 is 15.6 Å². The highest BCUT2D eigenvalue weighted by molar-refractivity contribution is 5.94. The Labute approximate surface area is 188 Å². The number of amides is 1. The highest BCUT2D eigenvalue weighted by Gasteiger charge is 2.47. The van der Waals surface area contributed by atoms with E-state index in [2.05, 4.69) is 0 Å². The summed E-state index contributed by atoms with van der Waals surface area (Å²) in [5, 5.41) is 11.0. The van der Waals surface area contributed by atoms with Crippen LogP contribution in [0, 0.1) is 11.6 Å². The van der Waals surface area contributed by atoms with E-state index in [-0.39, 0.29) is 35.4 Å². The Morgan fingerprint density at radius 2 is 1.71 bits per heavy atom. The van der Waals surface area contributed by atoms with Gasteiger partial charge in [0.05, 0.1) is 16.7 Å². The molecule has 34 heavy (non-hydrogen) atoms. The minimum atomic E-state index is -5.06. The summed E-state index contributed by atoms with van der Waals surface area (Å²) in [7, 11) is 0. The first-order valence-electron chi connectivity index (χ1n) is 9.81. The number of benzene rings is 2. The molecule has 12 heteroatoms. The van der Waals surface area contributed by atoms with Crippen molar-refractivity contribution >= 4 is 28.5 Å². The van der Waals surface area contributed by atoms with Gasteiger partial charge >= 0.3 is 18.1 Å². The van der Waals surface area contributed by atoms with Gasteiger partial charge in [0, 0.05) is 30.4 Å². The smallest absolute Gasteiger partial charge is 0.471 e. The summed E-state index contributed by atoms with van der Waals surface area (Å²) < 4.78 is 67.3. The molecular formula is C22H16F5N3O4. The van der Waals surface area contributed by atoms with Gasteiger partial charge in [-0.05, 0) is 43.3 Å². The van der Waals surface area contributed by atoms with E-state index in [1.165, 1.54) is 34.6 Å². The average Bonchev–Trinajstić information content (AvgIpc) is 2.72. The van der Waals surface area contributed by atoms with Gasteiger partial charge in [0.1, 0.15) is 17.2 Å². The molecule has 2 N–H and O–H groups in total. The van der Waals surface area contributed by atoms with E-state index in [9.17, 15) is 41.4 Å². The van der Waals surface area contributed by atoms with E-state index in [0.29, 0.717) is 0 Å². The van der Waals surface area contributed by atoms with Gasteiger partial charge in [-0.3, -0.25) is 9.59 Å². The maximum absolute atomic E-state index is 14.9. The van der Waals surface area contributed by atoms with Crippen LogP contribution >= 0.6 is 0 Å². The topological polar surface area (TPSA) is 91.6 Å². The van der Waals surface area contributed by atoms with E-state index in [4.69, 9.17) is 0 Å². The summed E-state index contributed by atoms with van der Waals surface area (Å²) in [6.45, 7) is 1.08. The van der Waals surface area contributed by atoms with Crippen molar-refractivity contribution in [3.8, 4) is 5.69 Å². The number of nitrogens with one attached hydrogen (secondary N) is 1. The number of hydrogen-bond donors (Lipinski definition) is 2. The zero-order valence-corrected chi connectivity index (χ0v) is 17.4. The van der Waals surface area contributed by atoms with Crippen molar-refractivity contribution in [3.63, 3.8) is 0 Å². The fraction of sp³-hybridized carbons (Fsp3) is 0.227. The number of hydrogen-bond acceptors (Lipinski definition) is 4. The number of aromatic nitrogens is 1. The quantitative estimate of drug-likeness (QED) is 0.559. The largest absolute Gasteiger partial charge is 0.477 e. The van der Waals surface area contributed by atoms with Crippen LogP contribution in [0.4, 0.5) is 27.6 Å². The van der Waals surface area contributed by atoms with Crippen LogP contribution in [0.15, 0.2) is 47.4 Å². The molecule has 1 aromatic heterocycles. The molecule has 0 radical (unpaired) electrons. The van der Waals surface area contributed by atoms with E-state index < -0.39 is 46.2 Å². The molecule has 0 saturated carbocycles. The third-order valence-corrected chi connectivity index (χ3v) is 5.50. The van der Waals surface area contributed by atoms with Crippen molar-refractivity contribution in [3.05, 3.63) is 70.0 Å². The minimum absolute atomic E-state index is 0.0652. The molecule has 1 aliphatic rings. The molecule has 1 amide bonds. The van der Waals surface area contributed by atoms with Crippen LogP contribution in [0.5, 0.6) is 0 Å². The number of carboxylic acid groups (broad SMARTS) is 1. The zero-order valence-electron chi connectivity index (χ0n) is 17.4. The maximum atomic E-state index is 14.9. The number of halogens is 5. The van der Waals surface area contributed by atoms with Crippen LogP contribution in [-0.2, 0) is 4.79 Å². The lowest BCUT2D eigenvalue weighted by molar-refractivity contribution is -0.175. The number of anilines is 1. The second kappa shape index (κ2) is 7.82. The van der Waals surface area contributed by atoms with Gasteiger partial charge in [-0.1, -0.05) is 0 Å². The van der Waals surface area contributed by atoms with E-state index in [1.54, 1.807) is 0 Å². The predicted octanol–water partition coefficient (Wildman–Crippen LogP) is 3.22. The lowest BCUT2D eigenvalue weighted by atomic mass is 9.91. The Bertz CT molecular complexity index is 1380. The Balaban J connectivity index is 1.78. The number of carbonyl (C=O) groups is 2. The molecule has 178 valence electrons. The first-order valence-corrected chi connectivity index (χ1v) is 9.81. The average molecular weight is 481 g/mol. The van der Waals surface area contributed by atoms with Crippen molar-refractivity contribution in [1.82, 2.24) is 9.88 Å². The molecule has 0 spiro atoms. The highest BCUT2D eigenvalue weighted by Crippen LogP contribution is 2.33. The number of rotatable bonds is 4. The fourth-order valence-corrected chi connectivity index (χ4v) is 3.93. The summed E-state index contributed by atoms with van der Waals surface area (Å²) in [5.41, 5.74) is -2.50. The molecule has 0 unspecified atom stereocenters. The van der Waals surface area contributed by atoms with Gasteiger partial charge in [-0.2, -0.15) is 13.2 Å². The molecule has 3 aromatic rings. The van der Waals surface area contributed by atoms with Crippen LogP contribution in [0.3, 0.4) is 0 Å². The number of nitrogens with zero attached hydrogens (tertiary/aromatic N) is 2. The van der Waals surface area contributed by atoms with Crippen LogP contribution in [0.2, 0.25) is 0 Å². The van der Waals surface area contributed by atoms with Crippen molar-refractivity contribution in [2.45, 2.75) is 18.6 Å². The molecule has 1 saturated heterocycles. The maximum Gasteiger partial charge on any atom is 0.471 e. The normalized spacial score (nSPS) is 15.2. The number of fused-ring (bicyclic) bond motifs is 1. The highest BCUT2D eigenvalue weighted by atomic mass is 19.4. The summed E-state index contributed by atoms with van der Waals surface area (Å²) in [5.74, 6) is -5.10. The first-order chi connectivity index (χ1) is 15.8. The van der Waals surface area contributed by atoms with Crippen molar-refractivity contribution < 1.29 is 36.6 Å². The standard InChI is InChI=1S/C22H16F5N3O4/c1-21(28-20(34)22(25,26)27)9-29(10-21)17-7-16-13(6-15(17)24)18(31)14(19(32)33)8-30(16)12-4-2-11(23)3-5-12/h2-8H,9-10H2,1H3,(H,28,34)(H,32,33). The number of carboxylic acids is 1. The third kappa shape index (κ3) is 4.06. The number of carbonyl (C=O) groups excluding carboxylic acids is 1.